The van der Waals surface area contributed by atoms with E-state index < -0.39 is 0 Å². The van der Waals surface area contributed by atoms with Gasteiger partial charge in [0.05, 0.1) is 13.2 Å². The van der Waals surface area contributed by atoms with Crippen LogP contribution in [0.1, 0.15) is 19.8 Å². The first-order chi connectivity index (χ1) is 5.76. The Morgan fingerprint density at radius 2 is 1.92 bits per heavy atom. The quantitative estimate of drug-likeness (QED) is 0.626. The van der Waals surface area contributed by atoms with Crippen LogP contribution in [-0.2, 0) is 9.47 Å². The van der Waals surface area contributed by atoms with Crippen LogP contribution < -0.4 is 0 Å². The summed E-state index contributed by atoms with van der Waals surface area (Å²) in [6.07, 6.45) is 4.34. The molecule has 12 heavy (non-hydrogen) atoms. The minimum absolute atomic E-state index is 0.187. The van der Waals surface area contributed by atoms with Crippen molar-refractivity contribution in [2.45, 2.75) is 30.8 Å². The summed E-state index contributed by atoms with van der Waals surface area (Å²) in [6, 6.07) is 0. The molecule has 1 spiro atoms. The molecule has 2 rings (SSSR count). The molecule has 70 valence electrons. The fourth-order valence-electron chi connectivity index (χ4n) is 2.26. The van der Waals surface area contributed by atoms with Gasteiger partial charge in [0.2, 0.25) is 0 Å². The maximum Gasteiger partial charge on any atom is 0.169 e. The third kappa shape index (κ3) is 1.38. The average molecular weight is 188 g/mol. The van der Waals surface area contributed by atoms with Crippen molar-refractivity contribution in [2.24, 2.45) is 5.92 Å². The summed E-state index contributed by atoms with van der Waals surface area (Å²) in [7, 11) is 0. The van der Waals surface area contributed by atoms with Crippen molar-refractivity contribution in [3.8, 4) is 0 Å². The van der Waals surface area contributed by atoms with Gasteiger partial charge in [-0.05, 0) is 12.2 Å². The Hall–Kier alpha value is 0.270. The standard InChI is InChI=1S/C9H16O2S/c1-7-5-9(6-8(7)12-2)10-3-4-11-9/h7-8H,3-6H2,1-2H3/t7-,8?/m0/s1. The van der Waals surface area contributed by atoms with Gasteiger partial charge in [-0.1, -0.05) is 6.92 Å². The molecule has 1 saturated carbocycles. The van der Waals surface area contributed by atoms with E-state index in [0.717, 1.165) is 37.2 Å². The SMILES string of the molecule is CSC1CC2(C[C@@H]1C)OCCO2. The van der Waals surface area contributed by atoms with E-state index in [1.165, 1.54) is 0 Å². The smallest absolute Gasteiger partial charge is 0.169 e. The van der Waals surface area contributed by atoms with Crippen molar-refractivity contribution >= 4 is 11.8 Å². The van der Waals surface area contributed by atoms with E-state index in [0.29, 0.717) is 0 Å². The summed E-state index contributed by atoms with van der Waals surface area (Å²) >= 11 is 1.94. The maximum atomic E-state index is 5.67. The predicted molar refractivity (Wildman–Crippen MR) is 50.3 cm³/mol. The van der Waals surface area contributed by atoms with Crippen molar-refractivity contribution in [1.29, 1.82) is 0 Å². The van der Waals surface area contributed by atoms with Crippen LogP contribution >= 0.6 is 11.8 Å². The van der Waals surface area contributed by atoms with Crippen LogP contribution in [0.4, 0.5) is 0 Å². The monoisotopic (exact) mass is 188 g/mol. The molecule has 0 bridgehead atoms. The summed E-state index contributed by atoms with van der Waals surface area (Å²) in [5.74, 6) is 0.547. The highest BCUT2D eigenvalue weighted by Gasteiger charge is 2.47. The van der Waals surface area contributed by atoms with E-state index in [4.69, 9.17) is 9.47 Å². The first-order valence-electron chi connectivity index (χ1n) is 4.56. The molecule has 0 N–H and O–H groups in total. The maximum absolute atomic E-state index is 5.67. The van der Waals surface area contributed by atoms with Crippen molar-refractivity contribution in [3.63, 3.8) is 0 Å². The molecule has 2 nitrogen and oxygen atoms in total. The minimum atomic E-state index is -0.187. The van der Waals surface area contributed by atoms with Gasteiger partial charge in [-0.25, -0.2) is 0 Å². The molecule has 0 radical (unpaired) electrons. The molecule has 0 aromatic carbocycles. The van der Waals surface area contributed by atoms with Crippen LogP contribution in [0, 0.1) is 5.92 Å². The zero-order valence-electron chi connectivity index (χ0n) is 7.71. The highest BCUT2D eigenvalue weighted by atomic mass is 32.2. The second-order valence-corrected chi connectivity index (χ2v) is 4.84. The van der Waals surface area contributed by atoms with Gasteiger partial charge in [0.25, 0.3) is 0 Å². The van der Waals surface area contributed by atoms with Gasteiger partial charge in [-0.2, -0.15) is 11.8 Å². The van der Waals surface area contributed by atoms with Crippen LogP contribution in [0.2, 0.25) is 0 Å². The van der Waals surface area contributed by atoms with E-state index in [9.17, 15) is 0 Å². The molecule has 2 aliphatic rings. The van der Waals surface area contributed by atoms with Crippen molar-refractivity contribution in [2.75, 3.05) is 19.5 Å². The summed E-state index contributed by atoms with van der Waals surface area (Å²) in [6.45, 7) is 3.86. The third-order valence-corrected chi connectivity index (χ3v) is 4.13. The normalized spacial score (nSPS) is 39.5. The second-order valence-electron chi connectivity index (χ2n) is 3.77. The van der Waals surface area contributed by atoms with Crippen LogP contribution in [0.15, 0.2) is 0 Å². The molecular weight excluding hydrogens is 172 g/mol. The molecule has 3 heteroatoms. The van der Waals surface area contributed by atoms with Crippen molar-refractivity contribution in [3.05, 3.63) is 0 Å². The molecule has 1 saturated heterocycles. The Balaban J connectivity index is 2.03. The largest absolute Gasteiger partial charge is 0.347 e. The van der Waals surface area contributed by atoms with Crippen LogP contribution in [0.3, 0.4) is 0 Å². The Labute approximate surface area is 78.0 Å². The fourth-order valence-corrected chi connectivity index (χ4v) is 3.24. The van der Waals surface area contributed by atoms with Crippen LogP contribution in [0.25, 0.3) is 0 Å². The molecular formula is C9H16O2S. The fraction of sp³-hybridized carbons (Fsp3) is 1.00. The lowest BCUT2D eigenvalue weighted by Gasteiger charge is -2.21. The Bertz CT molecular complexity index is 166. The number of ether oxygens (including phenoxy) is 2. The van der Waals surface area contributed by atoms with Crippen LogP contribution in [0.5, 0.6) is 0 Å². The van der Waals surface area contributed by atoms with Crippen molar-refractivity contribution in [1.82, 2.24) is 0 Å². The predicted octanol–water partition coefficient (Wildman–Crippen LogP) is 1.89. The topological polar surface area (TPSA) is 18.5 Å². The number of hydrogen-bond acceptors (Lipinski definition) is 3. The molecule has 0 amide bonds. The lowest BCUT2D eigenvalue weighted by Crippen LogP contribution is -2.26. The molecule has 0 aromatic heterocycles. The highest BCUT2D eigenvalue weighted by molar-refractivity contribution is 7.99. The van der Waals surface area contributed by atoms with E-state index in [1.807, 2.05) is 11.8 Å². The highest BCUT2D eigenvalue weighted by Crippen LogP contribution is 2.44. The van der Waals surface area contributed by atoms with Crippen molar-refractivity contribution < 1.29 is 9.47 Å². The number of rotatable bonds is 1. The number of thioether (sulfide) groups is 1. The Morgan fingerprint density at radius 3 is 2.42 bits per heavy atom. The summed E-state index contributed by atoms with van der Waals surface area (Å²) < 4.78 is 11.3. The average Bonchev–Trinajstić information content (AvgIpc) is 2.60. The lowest BCUT2D eigenvalue weighted by atomic mass is 10.1. The van der Waals surface area contributed by atoms with E-state index in [1.54, 1.807) is 0 Å². The Kier molecular flexibility index (Phi) is 2.36. The second kappa shape index (κ2) is 3.20. The van der Waals surface area contributed by atoms with Gasteiger partial charge in [-0.15, -0.1) is 0 Å². The zero-order valence-corrected chi connectivity index (χ0v) is 8.52. The van der Waals surface area contributed by atoms with Crippen LogP contribution in [-0.4, -0.2) is 30.5 Å². The number of hydrogen-bond donors (Lipinski definition) is 0. The van der Waals surface area contributed by atoms with Gasteiger partial charge in [0.15, 0.2) is 5.79 Å². The van der Waals surface area contributed by atoms with E-state index in [2.05, 4.69) is 13.2 Å². The first-order valence-corrected chi connectivity index (χ1v) is 5.85. The third-order valence-electron chi connectivity index (χ3n) is 2.90. The zero-order chi connectivity index (χ0) is 8.60. The van der Waals surface area contributed by atoms with Gasteiger partial charge in [0.1, 0.15) is 0 Å². The van der Waals surface area contributed by atoms with Gasteiger partial charge in [-0.3, -0.25) is 0 Å². The first kappa shape index (κ1) is 8.85. The van der Waals surface area contributed by atoms with Gasteiger partial charge >= 0.3 is 0 Å². The molecule has 1 heterocycles. The molecule has 1 unspecified atom stereocenters. The van der Waals surface area contributed by atoms with E-state index >= 15 is 0 Å². The lowest BCUT2D eigenvalue weighted by molar-refractivity contribution is -0.151. The molecule has 2 atom stereocenters. The van der Waals surface area contributed by atoms with Gasteiger partial charge in [0, 0.05) is 18.1 Å². The summed E-state index contributed by atoms with van der Waals surface area (Å²) in [5, 5.41) is 0.725. The molecule has 0 aromatic rings. The summed E-state index contributed by atoms with van der Waals surface area (Å²) in [5.41, 5.74) is 0. The Morgan fingerprint density at radius 1 is 1.25 bits per heavy atom. The molecule has 1 aliphatic heterocycles. The van der Waals surface area contributed by atoms with E-state index in [-0.39, 0.29) is 5.79 Å². The van der Waals surface area contributed by atoms with Gasteiger partial charge < -0.3 is 9.47 Å². The minimum Gasteiger partial charge on any atom is -0.347 e. The molecule has 2 fully saturated rings. The summed E-state index contributed by atoms with van der Waals surface area (Å²) in [4.78, 5) is 0. The molecule has 1 aliphatic carbocycles.